The number of hydrogen-bond donors (Lipinski definition) is 1. The van der Waals surface area contributed by atoms with Gasteiger partial charge in [0, 0.05) is 0 Å². The molecule has 0 spiro atoms. The van der Waals surface area contributed by atoms with Gasteiger partial charge in [-0.05, 0) is 43.5 Å². The van der Waals surface area contributed by atoms with Crippen LogP contribution < -0.4 is 0 Å². The van der Waals surface area contributed by atoms with Crippen molar-refractivity contribution in [3.8, 4) is 0 Å². The van der Waals surface area contributed by atoms with Crippen molar-refractivity contribution in [1.29, 1.82) is 0 Å². The van der Waals surface area contributed by atoms with Crippen molar-refractivity contribution in [3.63, 3.8) is 0 Å². The molecule has 0 N–H and O–H groups in total. The van der Waals surface area contributed by atoms with E-state index in [1.54, 1.807) is 12.1 Å². The van der Waals surface area contributed by atoms with Gasteiger partial charge < -0.3 is 0 Å². The molecule has 0 heterocycles. The molecule has 0 aliphatic rings. The maximum atomic E-state index is 10.8. The largest absolute Gasteiger partial charge is 0.227 e. The van der Waals surface area contributed by atoms with E-state index in [4.69, 9.17) is 0 Å². The van der Waals surface area contributed by atoms with E-state index in [9.17, 15) is 8.42 Å². The van der Waals surface area contributed by atoms with E-state index in [2.05, 4.69) is 0 Å². The Balaban J connectivity index is 3.08. The average molecular weight is 210 g/mol. The van der Waals surface area contributed by atoms with Gasteiger partial charge in [-0.25, -0.2) is 8.42 Å². The van der Waals surface area contributed by atoms with E-state index in [1.807, 2.05) is 32.1 Å². The highest BCUT2D eigenvalue weighted by Gasteiger charge is 2.00. The molecule has 0 bridgehead atoms. The van der Waals surface area contributed by atoms with Crippen molar-refractivity contribution in [2.24, 2.45) is 0 Å². The Hall–Kier alpha value is -1.09. The van der Waals surface area contributed by atoms with Crippen LogP contribution in [0.5, 0.6) is 0 Å². The summed E-state index contributed by atoms with van der Waals surface area (Å²) in [5, 5.41) is 0. The molecule has 3 heteroatoms. The summed E-state index contributed by atoms with van der Waals surface area (Å²) in [4.78, 5) is 0.394. The van der Waals surface area contributed by atoms with Crippen molar-refractivity contribution >= 4 is 10.7 Å². The van der Waals surface area contributed by atoms with Crippen LogP contribution in [0.25, 0.3) is 0 Å². The Morgan fingerprint density at radius 2 is 2.07 bits per heavy atom. The Labute approximate surface area is 86.2 Å². The summed E-state index contributed by atoms with van der Waals surface area (Å²) >= 11 is 0. The van der Waals surface area contributed by atoms with Gasteiger partial charge in [0.15, 0.2) is 10.7 Å². The highest BCUT2D eigenvalue weighted by atomic mass is 32.2. The summed E-state index contributed by atoms with van der Waals surface area (Å²) < 4.78 is 21.5. The van der Waals surface area contributed by atoms with Gasteiger partial charge in [-0.15, -0.1) is 0 Å². The molecule has 1 aromatic rings. The zero-order valence-corrected chi connectivity index (χ0v) is 9.25. The lowest BCUT2D eigenvalue weighted by Crippen LogP contribution is -1.90. The molecular formula is C11H14O2S. The van der Waals surface area contributed by atoms with Gasteiger partial charge in [-0.1, -0.05) is 18.2 Å². The second kappa shape index (κ2) is 4.96. The molecule has 0 amide bonds. The van der Waals surface area contributed by atoms with Crippen LogP contribution in [-0.2, 0) is 17.1 Å². The molecule has 0 atom stereocenters. The quantitative estimate of drug-likeness (QED) is 0.612. The van der Waals surface area contributed by atoms with Crippen molar-refractivity contribution in [1.82, 2.24) is 0 Å². The van der Waals surface area contributed by atoms with E-state index >= 15 is 0 Å². The number of aryl methyl sites for hydroxylation is 1. The van der Waals surface area contributed by atoms with Crippen LogP contribution in [0, 0.1) is 6.92 Å². The Bertz CT molecular complexity index is 409. The van der Waals surface area contributed by atoms with Gasteiger partial charge in [-0.2, -0.15) is 0 Å². The topological polar surface area (TPSA) is 34.1 Å². The minimum Gasteiger partial charge on any atom is -0.227 e. The fourth-order valence-electron chi connectivity index (χ4n) is 1.24. The summed E-state index contributed by atoms with van der Waals surface area (Å²) in [6, 6.07) is 5.22. The van der Waals surface area contributed by atoms with Gasteiger partial charge in [0.05, 0.1) is 4.90 Å². The summed E-state index contributed by atoms with van der Waals surface area (Å²) in [6.07, 6.45) is 4.77. The molecular weight excluding hydrogens is 196 g/mol. The van der Waals surface area contributed by atoms with Crippen LogP contribution in [0.3, 0.4) is 0 Å². The highest BCUT2D eigenvalue weighted by Crippen LogP contribution is 2.13. The van der Waals surface area contributed by atoms with Gasteiger partial charge in [-0.3, -0.25) is 0 Å². The zero-order chi connectivity index (χ0) is 10.6. The van der Waals surface area contributed by atoms with Crippen molar-refractivity contribution in [2.45, 2.75) is 25.2 Å². The maximum absolute atomic E-state index is 10.8. The molecule has 0 aliphatic heterocycles. The first-order valence-corrected chi connectivity index (χ1v) is 5.68. The number of allylic oxidation sites excluding steroid dienone is 2. The minimum absolute atomic E-state index is 0.394. The lowest BCUT2D eigenvalue weighted by atomic mass is 10.1. The fraction of sp³-hybridized carbons (Fsp3) is 0.273. The number of rotatable bonds is 3. The third-order valence-corrected chi connectivity index (χ3v) is 2.82. The predicted octanol–water partition coefficient (Wildman–Crippen LogP) is 2.08. The van der Waals surface area contributed by atoms with Crippen molar-refractivity contribution in [3.05, 3.63) is 41.5 Å². The van der Waals surface area contributed by atoms with Crippen molar-refractivity contribution in [2.75, 3.05) is 0 Å². The SMILES string of the molecule is CC=CCc1cc([SH](=O)=O)ccc1C. The second-order valence-electron chi connectivity index (χ2n) is 3.14. The first kappa shape index (κ1) is 11.0. The average Bonchev–Trinajstić information content (AvgIpc) is 2.16. The Morgan fingerprint density at radius 1 is 1.36 bits per heavy atom. The third kappa shape index (κ3) is 2.70. The summed E-state index contributed by atoms with van der Waals surface area (Å²) in [6.45, 7) is 3.94. The molecule has 0 unspecified atom stereocenters. The zero-order valence-electron chi connectivity index (χ0n) is 8.36. The monoisotopic (exact) mass is 210 g/mol. The van der Waals surface area contributed by atoms with E-state index in [0.717, 1.165) is 17.5 Å². The molecule has 1 aromatic carbocycles. The van der Waals surface area contributed by atoms with E-state index in [-0.39, 0.29) is 0 Å². The Kier molecular flexibility index (Phi) is 3.89. The molecule has 0 radical (unpaired) electrons. The lowest BCUT2D eigenvalue weighted by molar-refractivity contribution is 0.614. The standard InChI is InChI=1S/C11H14O2S/c1-3-4-5-10-8-11(14(12)13)7-6-9(10)2/h3-4,6-8,14H,5H2,1-2H3. The molecule has 0 saturated carbocycles. The summed E-state index contributed by atoms with van der Waals surface area (Å²) in [5.41, 5.74) is 2.20. The molecule has 0 saturated heterocycles. The molecule has 14 heavy (non-hydrogen) atoms. The Morgan fingerprint density at radius 3 is 2.64 bits per heavy atom. The molecule has 76 valence electrons. The summed E-state index contributed by atoms with van der Waals surface area (Å²) in [5.74, 6) is 0. The van der Waals surface area contributed by atoms with Gasteiger partial charge in [0.25, 0.3) is 0 Å². The van der Waals surface area contributed by atoms with Crippen LogP contribution in [0.2, 0.25) is 0 Å². The van der Waals surface area contributed by atoms with Gasteiger partial charge in [0.1, 0.15) is 0 Å². The van der Waals surface area contributed by atoms with Gasteiger partial charge in [0.2, 0.25) is 0 Å². The predicted molar refractivity (Wildman–Crippen MR) is 58.3 cm³/mol. The first-order valence-electron chi connectivity index (χ1n) is 4.50. The number of benzene rings is 1. The molecule has 1 rings (SSSR count). The van der Waals surface area contributed by atoms with E-state index < -0.39 is 10.7 Å². The van der Waals surface area contributed by atoms with Crippen LogP contribution in [0.1, 0.15) is 18.1 Å². The fourth-order valence-corrected chi connectivity index (χ4v) is 1.69. The van der Waals surface area contributed by atoms with Crippen LogP contribution >= 0.6 is 0 Å². The highest BCUT2D eigenvalue weighted by molar-refractivity contribution is 7.72. The van der Waals surface area contributed by atoms with Crippen LogP contribution in [0.15, 0.2) is 35.2 Å². The number of hydrogen-bond acceptors (Lipinski definition) is 2. The molecule has 0 fully saturated rings. The van der Waals surface area contributed by atoms with Crippen molar-refractivity contribution < 1.29 is 8.42 Å². The minimum atomic E-state index is -2.46. The molecule has 0 aliphatic carbocycles. The van der Waals surface area contributed by atoms with E-state index in [0.29, 0.717) is 4.90 Å². The smallest absolute Gasteiger partial charge is 0.168 e. The second-order valence-corrected chi connectivity index (χ2v) is 4.17. The maximum Gasteiger partial charge on any atom is 0.168 e. The third-order valence-electron chi connectivity index (χ3n) is 2.12. The van der Waals surface area contributed by atoms with Gasteiger partial charge >= 0.3 is 0 Å². The lowest BCUT2D eigenvalue weighted by Gasteiger charge is -2.02. The van der Waals surface area contributed by atoms with E-state index in [1.165, 1.54) is 0 Å². The number of thiol groups is 1. The van der Waals surface area contributed by atoms with Crippen LogP contribution in [0.4, 0.5) is 0 Å². The summed E-state index contributed by atoms with van der Waals surface area (Å²) in [7, 11) is -2.46. The first-order chi connectivity index (χ1) is 6.65. The molecule has 0 aromatic heterocycles. The normalized spacial score (nSPS) is 11.4. The van der Waals surface area contributed by atoms with Crippen LogP contribution in [-0.4, -0.2) is 8.42 Å². The molecule has 2 nitrogen and oxygen atoms in total.